The van der Waals surface area contributed by atoms with E-state index in [9.17, 15) is 8.42 Å². The fourth-order valence-corrected chi connectivity index (χ4v) is 4.49. The maximum Gasteiger partial charge on any atom is 0.244 e. The van der Waals surface area contributed by atoms with Crippen molar-refractivity contribution in [1.82, 2.24) is 14.3 Å². The standard InChI is InChI=1S/C15H18ClN3O2S2/c1-3-19(4-2)23(20,21)13-7-8-14(18-10-13)22-11-12-6-5-9-17-15(12)16/h5-10H,3-4,11H2,1-2H3. The smallest absolute Gasteiger partial charge is 0.244 e. The van der Waals surface area contributed by atoms with Gasteiger partial charge in [-0.2, -0.15) is 4.31 Å². The van der Waals surface area contributed by atoms with Gasteiger partial charge in [-0.25, -0.2) is 18.4 Å². The summed E-state index contributed by atoms with van der Waals surface area (Å²) in [6.07, 6.45) is 3.04. The number of rotatable bonds is 7. The van der Waals surface area contributed by atoms with Crippen molar-refractivity contribution >= 4 is 33.4 Å². The van der Waals surface area contributed by atoms with Gasteiger partial charge in [0.1, 0.15) is 10.0 Å². The maximum atomic E-state index is 12.4. The molecule has 0 saturated carbocycles. The Kier molecular flexibility index (Phi) is 6.41. The molecule has 0 fully saturated rings. The van der Waals surface area contributed by atoms with E-state index >= 15 is 0 Å². The fraction of sp³-hybridized carbons (Fsp3) is 0.333. The van der Waals surface area contributed by atoms with Gasteiger partial charge in [-0.15, -0.1) is 11.8 Å². The Morgan fingerprint density at radius 3 is 2.48 bits per heavy atom. The molecule has 0 N–H and O–H groups in total. The van der Waals surface area contributed by atoms with Crippen LogP contribution in [-0.2, 0) is 15.8 Å². The normalized spacial score (nSPS) is 11.8. The third-order valence-corrected chi connectivity index (χ3v) is 6.63. The van der Waals surface area contributed by atoms with Gasteiger partial charge in [-0.3, -0.25) is 0 Å². The van der Waals surface area contributed by atoms with Crippen molar-refractivity contribution in [3.05, 3.63) is 47.4 Å². The molecule has 124 valence electrons. The minimum atomic E-state index is -3.46. The lowest BCUT2D eigenvalue weighted by atomic mass is 10.3. The van der Waals surface area contributed by atoms with Crippen molar-refractivity contribution in [3.8, 4) is 0 Å². The zero-order valence-corrected chi connectivity index (χ0v) is 15.3. The van der Waals surface area contributed by atoms with Crippen LogP contribution in [0, 0.1) is 0 Å². The molecular formula is C15H18ClN3O2S2. The first-order chi connectivity index (χ1) is 11.0. The van der Waals surface area contributed by atoms with Gasteiger partial charge in [0.2, 0.25) is 10.0 Å². The summed E-state index contributed by atoms with van der Waals surface area (Å²) in [5.74, 6) is 0.627. The highest BCUT2D eigenvalue weighted by Crippen LogP contribution is 2.25. The van der Waals surface area contributed by atoms with Crippen LogP contribution in [0.1, 0.15) is 19.4 Å². The van der Waals surface area contributed by atoms with Gasteiger partial charge in [0, 0.05) is 31.2 Å². The molecule has 0 saturated heterocycles. The Labute approximate surface area is 146 Å². The molecule has 8 heteroatoms. The van der Waals surface area contributed by atoms with Gasteiger partial charge in [-0.05, 0) is 23.8 Å². The van der Waals surface area contributed by atoms with Crippen LogP contribution in [0.25, 0.3) is 0 Å². The topological polar surface area (TPSA) is 63.2 Å². The third-order valence-electron chi connectivity index (χ3n) is 3.26. The lowest BCUT2D eigenvalue weighted by Gasteiger charge is -2.18. The molecule has 0 aliphatic heterocycles. The van der Waals surface area contributed by atoms with Crippen molar-refractivity contribution in [2.24, 2.45) is 0 Å². The third kappa shape index (κ3) is 4.44. The predicted octanol–water partition coefficient (Wildman–Crippen LogP) is 3.45. The molecule has 0 atom stereocenters. The van der Waals surface area contributed by atoms with Crippen LogP contribution < -0.4 is 0 Å². The Morgan fingerprint density at radius 1 is 1.17 bits per heavy atom. The van der Waals surface area contributed by atoms with Crippen molar-refractivity contribution in [2.75, 3.05) is 13.1 Å². The molecule has 0 radical (unpaired) electrons. The summed E-state index contributed by atoms with van der Waals surface area (Å²) in [6.45, 7) is 4.51. The molecule has 2 aromatic heterocycles. The number of hydrogen-bond acceptors (Lipinski definition) is 5. The Hall–Kier alpha value is -1.15. The highest BCUT2D eigenvalue weighted by atomic mass is 35.5. The quantitative estimate of drug-likeness (QED) is 0.551. The van der Waals surface area contributed by atoms with Crippen molar-refractivity contribution < 1.29 is 8.42 Å². The van der Waals surface area contributed by atoms with Crippen LogP contribution in [0.3, 0.4) is 0 Å². The fourth-order valence-electron chi connectivity index (χ4n) is 2.00. The van der Waals surface area contributed by atoms with E-state index in [1.165, 1.54) is 22.3 Å². The minimum Gasteiger partial charge on any atom is -0.249 e. The van der Waals surface area contributed by atoms with Crippen molar-refractivity contribution in [1.29, 1.82) is 0 Å². The summed E-state index contributed by atoms with van der Waals surface area (Å²) >= 11 is 7.50. The van der Waals surface area contributed by atoms with Crippen LogP contribution in [-0.4, -0.2) is 35.8 Å². The highest BCUT2D eigenvalue weighted by molar-refractivity contribution is 7.98. The second-order valence-electron chi connectivity index (χ2n) is 4.66. The Morgan fingerprint density at radius 2 is 1.91 bits per heavy atom. The SMILES string of the molecule is CCN(CC)S(=O)(=O)c1ccc(SCc2cccnc2Cl)nc1. The zero-order valence-electron chi connectivity index (χ0n) is 12.9. The Balaban J connectivity index is 2.09. The molecule has 0 spiro atoms. The van der Waals surface area contributed by atoms with Crippen LogP contribution in [0.15, 0.2) is 46.6 Å². The first-order valence-corrected chi connectivity index (χ1v) is 9.97. The van der Waals surface area contributed by atoms with E-state index in [1.54, 1.807) is 18.3 Å². The van der Waals surface area contributed by atoms with E-state index in [0.29, 0.717) is 24.0 Å². The number of sulfonamides is 1. The summed E-state index contributed by atoms with van der Waals surface area (Å²) < 4.78 is 26.2. The number of nitrogens with zero attached hydrogens (tertiary/aromatic N) is 3. The van der Waals surface area contributed by atoms with Gasteiger partial charge in [0.05, 0.1) is 5.03 Å². The van der Waals surface area contributed by atoms with Crippen LogP contribution >= 0.6 is 23.4 Å². The van der Waals surface area contributed by atoms with Gasteiger partial charge in [-0.1, -0.05) is 31.5 Å². The lowest BCUT2D eigenvalue weighted by Crippen LogP contribution is -2.30. The number of aromatic nitrogens is 2. The number of halogens is 1. The highest BCUT2D eigenvalue weighted by Gasteiger charge is 2.21. The summed E-state index contributed by atoms with van der Waals surface area (Å²) in [5, 5.41) is 1.21. The first-order valence-electron chi connectivity index (χ1n) is 7.17. The molecule has 2 rings (SSSR count). The molecule has 0 aromatic carbocycles. The van der Waals surface area contributed by atoms with Gasteiger partial charge in [0.15, 0.2) is 0 Å². The van der Waals surface area contributed by atoms with Crippen LogP contribution in [0.5, 0.6) is 0 Å². The molecule has 23 heavy (non-hydrogen) atoms. The van der Waals surface area contributed by atoms with E-state index in [-0.39, 0.29) is 4.90 Å². The largest absolute Gasteiger partial charge is 0.249 e. The van der Waals surface area contributed by atoms with E-state index in [2.05, 4.69) is 9.97 Å². The van der Waals surface area contributed by atoms with E-state index in [1.807, 2.05) is 26.0 Å². The van der Waals surface area contributed by atoms with Gasteiger partial charge in [0.25, 0.3) is 0 Å². The summed E-state index contributed by atoms with van der Waals surface area (Å²) in [7, 11) is -3.46. The molecule has 0 bridgehead atoms. The first kappa shape index (κ1) is 18.2. The lowest BCUT2D eigenvalue weighted by molar-refractivity contribution is 0.445. The second-order valence-corrected chi connectivity index (χ2v) is 7.96. The monoisotopic (exact) mass is 371 g/mol. The van der Waals surface area contributed by atoms with Gasteiger partial charge < -0.3 is 0 Å². The molecule has 0 aliphatic rings. The second kappa shape index (κ2) is 8.10. The molecule has 2 heterocycles. The molecule has 0 aliphatic carbocycles. The van der Waals surface area contributed by atoms with E-state index in [4.69, 9.17) is 11.6 Å². The predicted molar refractivity (Wildman–Crippen MR) is 93.2 cm³/mol. The average Bonchev–Trinajstić information content (AvgIpc) is 2.55. The number of pyridine rings is 2. The molecular weight excluding hydrogens is 354 g/mol. The van der Waals surface area contributed by atoms with Crippen molar-refractivity contribution in [3.63, 3.8) is 0 Å². The van der Waals surface area contributed by atoms with Crippen molar-refractivity contribution in [2.45, 2.75) is 29.5 Å². The van der Waals surface area contributed by atoms with Gasteiger partial charge >= 0.3 is 0 Å². The minimum absolute atomic E-state index is 0.213. The summed E-state index contributed by atoms with van der Waals surface area (Å²) in [4.78, 5) is 8.47. The number of thioether (sulfide) groups is 1. The average molecular weight is 372 g/mol. The van der Waals surface area contributed by atoms with E-state index in [0.717, 1.165) is 10.6 Å². The maximum absolute atomic E-state index is 12.4. The molecule has 0 unspecified atom stereocenters. The van der Waals surface area contributed by atoms with Crippen LogP contribution in [0.4, 0.5) is 0 Å². The molecule has 5 nitrogen and oxygen atoms in total. The van der Waals surface area contributed by atoms with E-state index < -0.39 is 10.0 Å². The summed E-state index contributed by atoms with van der Waals surface area (Å²) in [5.41, 5.74) is 0.917. The number of hydrogen-bond donors (Lipinski definition) is 0. The molecule has 2 aromatic rings. The zero-order chi connectivity index (χ0) is 16.9. The molecule has 0 amide bonds. The van der Waals surface area contributed by atoms with Crippen LogP contribution in [0.2, 0.25) is 5.15 Å². The Bertz CT molecular complexity index is 748. The summed E-state index contributed by atoms with van der Waals surface area (Å²) in [6, 6.07) is 7.04.